The summed E-state index contributed by atoms with van der Waals surface area (Å²) in [5, 5.41) is 19.4. The summed E-state index contributed by atoms with van der Waals surface area (Å²) >= 11 is 0. The van der Waals surface area contributed by atoms with E-state index in [4.69, 9.17) is 15.6 Å². The summed E-state index contributed by atoms with van der Waals surface area (Å²) in [5.41, 5.74) is 2.87. The lowest BCUT2D eigenvalue weighted by molar-refractivity contribution is -0.128. The SMILES string of the molecule is CC.CC(C)C(=N)/C=C\C(=N)c1ccc(Oc2cc(C(=O)NC3CCN(C)CC3)ccc2CN2CCCC2=O)cc1. The second-order valence-electron chi connectivity index (χ2n) is 10.8. The molecule has 0 bridgehead atoms. The minimum atomic E-state index is -0.124. The number of nitrogens with zero attached hydrogens (tertiary/aromatic N) is 2. The second-order valence-corrected chi connectivity index (χ2v) is 10.8. The maximum absolute atomic E-state index is 13.1. The minimum absolute atomic E-state index is 0.108. The Morgan fingerprint density at radius 1 is 1.02 bits per heavy atom. The van der Waals surface area contributed by atoms with E-state index in [0.29, 0.717) is 47.0 Å². The first-order valence-corrected chi connectivity index (χ1v) is 14.7. The first kappa shape index (κ1) is 31.7. The molecule has 8 heteroatoms. The molecule has 2 aliphatic heterocycles. The van der Waals surface area contributed by atoms with Gasteiger partial charge in [-0.05, 0) is 99.4 Å². The van der Waals surface area contributed by atoms with Gasteiger partial charge in [-0.1, -0.05) is 33.8 Å². The van der Waals surface area contributed by atoms with Crippen molar-refractivity contribution >= 4 is 23.2 Å². The summed E-state index contributed by atoms with van der Waals surface area (Å²) in [4.78, 5) is 29.5. The molecule has 2 saturated heterocycles. The van der Waals surface area contributed by atoms with Gasteiger partial charge >= 0.3 is 0 Å². The Morgan fingerprint density at radius 2 is 1.68 bits per heavy atom. The molecule has 4 rings (SSSR count). The second kappa shape index (κ2) is 15.3. The summed E-state index contributed by atoms with van der Waals surface area (Å²) < 4.78 is 6.27. The van der Waals surface area contributed by atoms with Crippen LogP contribution >= 0.6 is 0 Å². The highest BCUT2D eigenvalue weighted by atomic mass is 16.5. The fourth-order valence-corrected chi connectivity index (χ4v) is 4.71. The number of allylic oxidation sites excluding steroid dienone is 2. The van der Waals surface area contributed by atoms with Crippen LogP contribution in [0.5, 0.6) is 11.5 Å². The van der Waals surface area contributed by atoms with Crippen molar-refractivity contribution in [3.8, 4) is 11.5 Å². The van der Waals surface area contributed by atoms with E-state index in [0.717, 1.165) is 44.5 Å². The fraction of sp³-hybridized carbons (Fsp3) is 0.455. The Kier molecular flexibility index (Phi) is 11.8. The standard InChI is InChI=1S/C31H39N5O3.C2H6/c1-21(2)27(32)12-13-28(33)22-8-10-26(11-9-22)39-29-19-23(31(38)34-25-14-17-35(3)18-15-25)6-7-24(29)20-36-16-4-5-30(36)37;1-2/h6-13,19,21,25,32-33H,4-5,14-18,20H2,1-3H3,(H,34,38);1-2H3/b13-12-,32-27?,33-28?;. The molecule has 0 radical (unpaired) electrons. The normalized spacial score (nSPS) is 16.0. The summed E-state index contributed by atoms with van der Waals surface area (Å²) in [6.07, 6.45) is 6.56. The average molecular weight is 560 g/mol. The van der Waals surface area contributed by atoms with Crippen LogP contribution in [0.2, 0.25) is 0 Å². The zero-order valence-corrected chi connectivity index (χ0v) is 25.1. The number of ether oxygens (including phenoxy) is 1. The zero-order valence-electron chi connectivity index (χ0n) is 25.1. The number of nitrogens with one attached hydrogen (secondary N) is 3. The lowest BCUT2D eigenvalue weighted by Gasteiger charge is -2.29. The van der Waals surface area contributed by atoms with Gasteiger partial charge in [0.05, 0.1) is 5.71 Å². The van der Waals surface area contributed by atoms with Crippen LogP contribution in [0.1, 0.15) is 74.9 Å². The Balaban J connectivity index is 0.00000226. The smallest absolute Gasteiger partial charge is 0.251 e. The van der Waals surface area contributed by atoms with Gasteiger partial charge in [0.1, 0.15) is 11.5 Å². The lowest BCUT2D eigenvalue weighted by atomic mass is 10.0. The number of carbonyl (C=O) groups excluding carboxylic acids is 2. The molecule has 0 unspecified atom stereocenters. The van der Waals surface area contributed by atoms with E-state index in [1.807, 2.05) is 38.7 Å². The predicted octanol–water partition coefficient (Wildman–Crippen LogP) is 6.05. The molecule has 0 atom stereocenters. The highest BCUT2D eigenvalue weighted by Gasteiger charge is 2.23. The van der Waals surface area contributed by atoms with Crippen molar-refractivity contribution in [2.24, 2.45) is 5.92 Å². The molecule has 41 heavy (non-hydrogen) atoms. The maximum atomic E-state index is 13.1. The number of hydrogen-bond acceptors (Lipinski definition) is 6. The summed E-state index contributed by atoms with van der Waals surface area (Å²) in [6.45, 7) is 11.0. The highest BCUT2D eigenvalue weighted by molar-refractivity contribution is 6.10. The van der Waals surface area contributed by atoms with Crippen LogP contribution in [-0.4, -0.2) is 65.8 Å². The third-order valence-electron chi connectivity index (χ3n) is 7.36. The summed E-state index contributed by atoms with van der Waals surface area (Å²) in [7, 11) is 2.09. The van der Waals surface area contributed by atoms with Crippen LogP contribution in [-0.2, 0) is 11.3 Å². The Hall–Kier alpha value is -3.78. The summed E-state index contributed by atoms with van der Waals surface area (Å²) in [5.74, 6) is 1.23. The van der Waals surface area contributed by atoms with Crippen LogP contribution in [0.25, 0.3) is 0 Å². The van der Waals surface area contributed by atoms with Gasteiger partial charge in [-0.15, -0.1) is 0 Å². The number of carbonyl (C=O) groups is 2. The van der Waals surface area contributed by atoms with Gasteiger partial charge < -0.3 is 30.7 Å². The Bertz CT molecular complexity index is 1240. The van der Waals surface area contributed by atoms with Crippen LogP contribution in [0.15, 0.2) is 54.6 Å². The third kappa shape index (κ3) is 9.11. The molecule has 2 heterocycles. The Labute approximate surface area is 244 Å². The molecule has 0 spiro atoms. The van der Waals surface area contributed by atoms with Crippen molar-refractivity contribution in [1.29, 1.82) is 10.8 Å². The average Bonchev–Trinajstić information content (AvgIpc) is 3.38. The van der Waals surface area contributed by atoms with Gasteiger partial charge in [-0.2, -0.15) is 0 Å². The number of amides is 2. The van der Waals surface area contributed by atoms with E-state index in [1.54, 1.807) is 48.6 Å². The molecular formula is C33H45N5O3. The van der Waals surface area contributed by atoms with E-state index in [-0.39, 0.29) is 23.8 Å². The van der Waals surface area contributed by atoms with Crippen LogP contribution < -0.4 is 10.1 Å². The highest BCUT2D eigenvalue weighted by Crippen LogP contribution is 2.29. The van der Waals surface area contributed by atoms with Crippen molar-refractivity contribution < 1.29 is 14.3 Å². The maximum Gasteiger partial charge on any atom is 0.251 e. The van der Waals surface area contributed by atoms with E-state index in [9.17, 15) is 9.59 Å². The van der Waals surface area contributed by atoms with Gasteiger partial charge in [-0.25, -0.2) is 0 Å². The monoisotopic (exact) mass is 559 g/mol. The first-order chi connectivity index (χ1) is 19.7. The molecule has 2 aromatic rings. The van der Waals surface area contributed by atoms with Gasteiger partial charge in [0.2, 0.25) is 5.91 Å². The van der Waals surface area contributed by atoms with Crippen LogP contribution in [0.3, 0.4) is 0 Å². The molecule has 0 aliphatic carbocycles. The van der Waals surface area contributed by atoms with Gasteiger partial charge in [0.15, 0.2) is 0 Å². The minimum Gasteiger partial charge on any atom is -0.457 e. The molecule has 2 aliphatic rings. The number of rotatable bonds is 10. The van der Waals surface area contributed by atoms with E-state index in [1.165, 1.54) is 0 Å². The van der Waals surface area contributed by atoms with Crippen LogP contribution in [0.4, 0.5) is 0 Å². The molecule has 8 nitrogen and oxygen atoms in total. The number of likely N-dealkylation sites (tertiary alicyclic amines) is 2. The summed E-state index contributed by atoms with van der Waals surface area (Å²) in [6, 6.07) is 12.8. The molecule has 0 saturated carbocycles. The molecule has 2 amide bonds. The largest absolute Gasteiger partial charge is 0.457 e. The molecule has 2 fully saturated rings. The molecule has 220 valence electrons. The van der Waals surface area contributed by atoms with E-state index in [2.05, 4.69) is 17.3 Å². The van der Waals surface area contributed by atoms with E-state index < -0.39 is 0 Å². The molecule has 0 aromatic heterocycles. The van der Waals surface area contributed by atoms with Crippen molar-refractivity contribution in [3.63, 3.8) is 0 Å². The Morgan fingerprint density at radius 3 is 2.29 bits per heavy atom. The zero-order chi connectivity index (χ0) is 29.9. The number of hydrogen-bond donors (Lipinski definition) is 3. The molecular weight excluding hydrogens is 514 g/mol. The third-order valence-corrected chi connectivity index (χ3v) is 7.36. The first-order valence-electron chi connectivity index (χ1n) is 14.7. The molecule has 3 N–H and O–H groups in total. The lowest BCUT2D eigenvalue weighted by Crippen LogP contribution is -2.43. The van der Waals surface area contributed by atoms with Crippen molar-refractivity contribution in [3.05, 3.63) is 71.3 Å². The topological polar surface area (TPSA) is 110 Å². The number of benzene rings is 2. The number of piperidine rings is 1. The predicted molar refractivity (Wildman–Crippen MR) is 165 cm³/mol. The van der Waals surface area contributed by atoms with Crippen molar-refractivity contribution in [2.45, 2.75) is 66.0 Å². The van der Waals surface area contributed by atoms with E-state index >= 15 is 0 Å². The van der Waals surface area contributed by atoms with Gasteiger partial charge in [0.25, 0.3) is 5.91 Å². The quantitative estimate of drug-likeness (QED) is 0.308. The van der Waals surface area contributed by atoms with Gasteiger partial charge in [-0.3, -0.25) is 9.59 Å². The fourth-order valence-electron chi connectivity index (χ4n) is 4.71. The van der Waals surface area contributed by atoms with Crippen LogP contribution in [0, 0.1) is 16.7 Å². The molecule has 2 aromatic carbocycles. The van der Waals surface area contributed by atoms with Gasteiger partial charge in [0, 0.05) is 42.4 Å². The van der Waals surface area contributed by atoms with Crippen molar-refractivity contribution in [1.82, 2.24) is 15.1 Å². The van der Waals surface area contributed by atoms with Crippen molar-refractivity contribution in [2.75, 3.05) is 26.7 Å².